The van der Waals surface area contributed by atoms with Gasteiger partial charge in [0.25, 0.3) is 15.9 Å². The number of carbonyl (C=O) groups excluding carboxylic acids is 1. The highest BCUT2D eigenvalue weighted by Crippen LogP contribution is 2.27. The monoisotopic (exact) mass is 258 g/mol. The fraction of sp³-hybridized carbons (Fsp3) is 0.333. The predicted octanol–water partition coefficient (Wildman–Crippen LogP) is -1.42. The van der Waals surface area contributed by atoms with E-state index < -0.39 is 35.2 Å². The lowest BCUT2D eigenvalue weighted by molar-refractivity contribution is 0.0642. The zero-order valence-corrected chi connectivity index (χ0v) is 9.46. The average molecular weight is 258 g/mol. The Morgan fingerprint density at radius 3 is 2.76 bits per heavy atom. The van der Waals surface area contributed by atoms with Gasteiger partial charge in [0.15, 0.2) is 5.03 Å². The molecule has 0 saturated carbocycles. The van der Waals surface area contributed by atoms with Gasteiger partial charge in [-0.2, -0.15) is 8.42 Å². The van der Waals surface area contributed by atoms with E-state index in [0.717, 1.165) is 0 Å². The first-order valence-electron chi connectivity index (χ1n) is 4.79. The number of rotatable bonds is 3. The second-order valence-corrected chi connectivity index (χ2v) is 5.31. The number of hydrogen-bond donors (Lipinski definition) is 2. The van der Waals surface area contributed by atoms with Gasteiger partial charge in [-0.05, 0) is 12.1 Å². The van der Waals surface area contributed by atoms with Gasteiger partial charge in [0.1, 0.15) is 0 Å². The number of amides is 1. The fourth-order valence-corrected chi connectivity index (χ4v) is 3.06. The maximum absolute atomic E-state index is 11.9. The molecule has 92 valence electrons. The van der Waals surface area contributed by atoms with Gasteiger partial charge in [0.05, 0.1) is 24.8 Å². The summed E-state index contributed by atoms with van der Waals surface area (Å²) < 4.78 is 24.3. The Hall–Kier alpha value is -1.51. The molecule has 0 aliphatic carbocycles. The molecule has 1 aromatic heterocycles. The third-order valence-electron chi connectivity index (χ3n) is 2.35. The van der Waals surface area contributed by atoms with Crippen molar-refractivity contribution in [1.29, 1.82) is 0 Å². The lowest BCUT2D eigenvalue weighted by Gasteiger charge is -2.17. The van der Waals surface area contributed by atoms with Crippen LogP contribution in [0, 0.1) is 0 Å². The van der Waals surface area contributed by atoms with E-state index in [1.165, 1.54) is 18.3 Å². The van der Waals surface area contributed by atoms with E-state index in [4.69, 9.17) is 5.11 Å². The van der Waals surface area contributed by atoms with Crippen LogP contribution in [0.2, 0.25) is 0 Å². The molecule has 2 heterocycles. The molecule has 1 unspecified atom stereocenters. The van der Waals surface area contributed by atoms with E-state index in [0.29, 0.717) is 4.31 Å². The summed E-state index contributed by atoms with van der Waals surface area (Å²) in [5.74, 6) is -0.736. The van der Waals surface area contributed by atoms with Crippen molar-refractivity contribution in [1.82, 2.24) is 9.29 Å². The standard InChI is InChI=1S/C9H10N2O5S/c12-5-6(13)4-11-9(14)7-2-1-3-10-8(7)17(11,15)16/h1-3,6,12-13H,4-5H2. The number of hydrogen-bond acceptors (Lipinski definition) is 6. The number of aliphatic hydroxyl groups is 2. The summed E-state index contributed by atoms with van der Waals surface area (Å²) >= 11 is 0. The van der Waals surface area contributed by atoms with E-state index in [-0.39, 0.29) is 10.6 Å². The van der Waals surface area contributed by atoms with E-state index in [2.05, 4.69) is 4.98 Å². The van der Waals surface area contributed by atoms with Gasteiger partial charge in [0, 0.05) is 6.20 Å². The lowest BCUT2D eigenvalue weighted by atomic mass is 10.2. The van der Waals surface area contributed by atoms with Crippen LogP contribution in [0.1, 0.15) is 10.4 Å². The van der Waals surface area contributed by atoms with Crippen LogP contribution in [0.5, 0.6) is 0 Å². The van der Waals surface area contributed by atoms with Crippen molar-refractivity contribution < 1.29 is 23.4 Å². The van der Waals surface area contributed by atoms with E-state index in [1.807, 2.05) is 0 Å². The number of sulfonamides is 1. The highest BCUT2D eigenvalue weighted by molar-refractivity contribution is 7.90. The molecule has 2 N–H and O–H groups in total. The summed E-state index contributed by atoms with van der Waals surface area (Å²) in [6.45, 7) is -1.10. The van der Waals surface area contributed by atoms with E-state index in [9.17, 15) is 18.3 Å². The number of fused-ring (bicyclic) bond motifs is 1. The zero-order chi connectivity index (χ0) is 12.6. The number of nitrogens with zero attached hydrogens (tertiary/aromatic N) is 2. The van der Waals surface area contributed by atoms with Gasteiger partial charge in [-0.1, -0.05) is 0 Å². The summed E-state index contributed by atoms with van der Waals surface area (Å²) in [6.07, 6.45) is -0.0293. The molecule has 1 aliphatic rings. The third kappa shape index (κ3) is 1.79. The van der Waals surface area contributed by atoms with Crippen LogP contribution in [-0.4, -0.2) is 53.1 Å². The molecular weight excluding hydrogens is 248 g/mol. The first-order valence-corrected chi connectivity index (χ1v) is 6.23. The maximum Gasteiger partial charge on any atom is 0.285 e. The third-order valence-corrected chi connectivity index (χ3v) is 4.06. The van der Waals surface area contributed by atoms with Crippen molar-refractivity contribution in [2.75, 3.05) is 13.2 Å². The summed E-state index contributed by atoms with van der Waals surface area (Å²) in [5, 5.41) is 17.6. The van der Waals surface area contributed by atoms with Crippen molar-refractivity contribution in [2.45, 2.75) is 11.1 Å². The van der Waals surface area contributed by atoms with Gasteiger partial charge < -0.3 is 10.2 Å². The summed E-state index contributed by atoms with van der Waals surface area (Å²) in [7, 11) is -4.00. The van der Waals surface area contributed by atoms with Crippen LogP contribution in [0.25, 0.3) is 0 Å². The SMILES string of the molecule is O=C1c2cccnc2S(=O)(=O)N1CC(O)CO. The van der Waals surface area contributed by atoms with Gasteiger partial charge in [-0.15, -0.1) is 0 Å². The van der Waals surface area contributed by atoms with Gasteiger partial charge >= 0.3 is 0 Å². The van der Waals surface area contributed by atoms with Gasteiger partial charge in [0.2, 0.25) is 0 Å². The second kappa shape index (κ2) is 4.06. The van der Waals surface area contributed by atoms with Crippen molar-refractivity contribution >= 4 is 15.9 Å². The highest BCUT2D eigenvalue weighted by Gasteiger charge is 2.42. The minimum atomic E-state index is -4.00. The topological polar surface area (TPSA) is 108 Å². The Morgan fingerprint density at radius 2 is 2.18 bits per heavy atom. The Labute approximate surface area is 97.4 Å². The van der Waals surface area contributed by atoms with Crippen molar-refractivity contribution in [2.24, 2.45) is 0 Å². The zero-order valence-electron chi connectivity index (χ0n) is 8.65. The Kier molecular flexibility index (Phi) is 2.86. The van der Waals surface area contributed by atoms with Crippen LogP contribution in [-0.2, 0) is 10.0 Å². The molecule has 0 bridgehead atoms. The van der Waals surface area contributed by atoms with Crippen LogP contribution >= 0.6 is 0 Å². The summed E-state index contributed by atoms with van der Waals surface area (Å²) in [6, 6.07) is 2.81. The Morgan fingerprint density at radius 1 is 1.47 bits per heavy atom. The Balaban J connectivity index is 2.44. The smallest absolute Gasteiger partial charge is 0.285 e. The predicted molar refractivity (Wildman–Crippen MR) is 55.6 cm³/mol. The van der Waals surface area contributed by atoms with Gasteiger partial charge in [-0.25, -0.2) is 9.29 Å². The molecule has 1 aliphatic heterocycles. The minimum Gasteiger partial charge on any atom is -0.394 e. The quantitative estimate of drug-likeness (QED) is 0.689. The van der Waals surface area contributed by atoms with E-state index in [1.54, 1.807) is 0 Å². The number of pyridine rings is 1. The fourth-order valence-electron chi connectivity index (χ4n) is 1.54. The maximum atomic E-state index is 11.9. The second-order valence-electron chi connectivity index (χ2n) is 3.53. The average Bonchev–Trinajstić information content (AvgIpc) is 2.51. The molecule has 8 heteroatoms. The van der Waals surface area contributed by atoms with Crippen molar-refractivity contribution in [3.63, 3.8) is 0 Å². The van der Waals surface area contributed by atoms with Crippen LogP contribution < -0.4 is 0 Å². The molecule has 0 saturated heterocycles. The van der Waals surface area contributed by atoms with Crippen molar-refractivity contribution in [3.05, 3.63) is 23.9 Å². The number of aliphatic hydroxyl groups excluding tert-OH is 2. The van der Waals surface area contributed by atoms with Gasteiger partial charge in [-0.3, -0.25) is 4.79 Å². The van der Waals surface area contributed by atoms with Crippen molar-refractivity contribution in [3.8, 4) is 0 Å². The molecule has 0 spiro atoms. The number of β-amino-alcohol motifs (C(OH)–C–C–N with tert-alkyl or cyclic N) is 1. The normalized spacial score (nSPS) is 19.2. The number of aromatic nitrogens is 1. The Bertz CT molecular complexity index is 556. The van der Waals surface area contributed by atoms with Crippen LogP contribution in [0.3, 0.4) is 0 Å². The van der Waals surface area contributed by atoms with E-state index >= 15 is 0 Å². The molecule has 0 fully saturated rings. The molecule has 0 aromatic carbocycles. The molecule has 0 radical (unpaired) electrons. The minimum absolute atomic E-state index is 0.0161. The molecule has 1 aromatic rings. The van der Waals surface area contributed by atoms with Crippen LogP contribution in [0.15, 0.2) is 23.4 Å². The molecule has 17 heavy (non-hydrogen) atoms. The largest absolute Gasteiger partial charge is 0.394 e. The summed E-state index contributed by atoms with van der Waals surface area (Å²) in [5.41, 5.74) is -0.0161. The molecule has 1 amide bonds. The lowest BCUT2D eigenvalue weighted by Crippen LogP contribution is -2.38. The molecule has 1 atom stereocenters. The highest BCUT2D eigenvalue weighted by atomic mass is 32.2. The molecule has 7 nitrogen and oxygen atoms in total. The van der Waals surface area contributed by atoms with Crippen LogP contribution in [0.4, 0.5) is 0 Å². The molecular formula is C9H10N2O5S. The number of carbonyl (C=O) groups is 1. The first-order chi connectivity index (χ1) is 7.98. The first kappa shape index (κ1) is 12.0. The summed E-state index contributed by atoms with van der Waals surface area (Å²) in [4.78, 5) is 15.4. The molecule has 2 rings (SSSR count).